The van der Waals surface area contributed by atoms with Gasteiger partial charge in [-0.15, -0.1) is 0 Å². The van der Waals surface area contributed by atoms with Gasteiger partial charge in [0, 0.05) is 38.4 Å². The lowest BCUT2D eigenvalue weighted by molar-refractivity contribution is -0.121. The molecule has 1 unspecified atom stereocenters. The van der Waals surface area contributed by atoms with Crippen molar-refractivity contribution in [3.05, 3.63) is 59.7 Å². The van der Waals surface area contributed by atoms with E-state index in [1.54, 1.807) is 4.90 Å². The Morgan fingerprint density at radius 1 is 1.15 bits per heavy atom. The van der Waals surface area contributed by atoms with Crippen molar-refractivity contribution in [3.63, 3.8) is 0 Å². The summed E-state index contributed by atoms with van der Waals surface area (Å²) in [6.45, 7) is 7.13. The number of imidazole rings is 1. The van der Waals surface area contributed by atoms with Crippen LogP contribution in [0.3, 0.4) is 0 Å². The third-order valence-electron chi connectivity index (χ3n) is 6.14. The second-order valence-electron chi connectivity index (χ2n) is 8.57. The van der Waals surface area contributed by atoms with Gasteiger partial charge in [0.05, 0.1) is 17.0 Å². The number of aryl methyl sites for hydroxylation is 2. The molecule has 1 N–H and O–H groups in total. The maximum Gasteiger partial charge on any atom is 0.253 e. The Balaban J connectivity index is 1.46. The minimum absolute atomic E-state index is 0.0179. The topological polar surface area (TPSA) is 76.5 Å². The number of hydrogen-bond acceptors (Lipinski definition) is 4. The van der Waals surface area contributed by atoms with Crippen LogP contribution in [-0.2, 0) is 16.1 Å². The standard InChI is InChI=1S/C26H32N4O3/c1-3-33-17-7-16-30-23-10-5-4-9-22(23)27-26(30)28-24(31)21-8-6-15-29(18-21)25(32)20-13-11-19(2)12-14-20/h4-5,9-14,21H,3,6-8,15-18H2,1-2H3,(H,27,28,31). The zero-order valence-electron chi connectivity index (χ0n) is 19.4. The van der Waals surface area contributed by atoms with Crippen molar-refractivity contribution >= 4 is 28.8 Å². The smallest absolute Gasteiger partial charge is 0.253 e. The van der Waals surface area contributed by atoms with Crippen LogP contribution in [0, 0.1) is 12.8 Å². The average molecular weight is 449 g/mol. The van der Waals surface area contributed by atoms with E-state index in [1.807, 2.05) is 66.9 Å². The van der Waals surface area contributed by atoms with Gasteiger partial charge in [0.2, 0.25) is 11.9 Å². The molecule has 2 heterocycles. The lowest BCUT2D eigenvalue weighted by Gasteiger charge is -2.32. The van der Waals surface area contributed by atoms with Crippen LogP contribution in [0.25, 0.3) is 11.0 Å². The Bertz CT molecular complexity index is 1110. The summed E-state index contributed by atoms with van der Waals surface area (Å²) in [6, 6.07) is 15.5. The summed E-state index contributed by atoms with van der Waals surface area (Å²) in [5.41, 5.74) is 3.62. The highest BCUT2D eigenvalue weighted by molar-refractivity contribution is 5.96. The van der Waals surface area contributed by atoms with Gasteiger partial charge in [-0.2, -0.15) is 0 Å². The van der Waals surface area contributed by atoms with Gasteiger partial charge in [0.15, 0.2) is 0 Å². The van der Waals surface area contributed by atoms with Gasteiger partial charge in [-0.3, -0.25) is 14.9 Å². The SMILES string of the molecule is CCOCCCn1c(NC(=O)C2CCCN(C(=O)c3ccc(C)cc3)C2)nc2ccccc21. The molecule has 0 saturated carbocycles. The molecule has 0 aliphatic carbocycles. The number of hydrogen-bond donors (Lipinski definition) is 1. The number of nitrogens with zero attached hydrogens (tertiary/aromatic N) is 3. The van der Waals surface area contributed by atoms with E-state index < -0.39 is 0 Å². The van der Waals surface area contributed by atoms with Crippen molar-refractivity contribution in [2.45, 2.75) is 39.7 Å². The van der Waals surface area contributed by atoms with E-state index in [0.29, 0.717) is 44.4 Å². The zero-order chi connectivity index (χ0) is 23.2. The lowest BCUT2D eigenvalue weighted by Crippen LogP contribution is -2.44. The molecule has 2 amide bonds. The van der Waals surface area contributed by atoms with Gasteiger partial charge < -0.3 is 14.2 Å². The molecule has 1 aromatic heterocycles. The number of benzene rings is 2. The Kier molecular flexibility index (Phi) is 7.40. The molecule has 7 heteroatoms. The first-order valence-electron chi connectivity index (χ1n) is 11.8. The third-order valence-corrected chi connectivity index (χ3v) is 6.14. The van der Waals surface area contributed by atoms with E-state index >= 15 is 0 Å². The van der Waals surface area contributed by atoms with Crippen molar-refractivity contribution in [2.24, 2.45) is 5.92 Å². The Morgan fingerprint density at radius 2 is 1.94 bits per heavy atom. The van der Waals surface area contributed by atoms with Crippen LogP contribution in [-0.4, -0.2) is 52.6 Å². The van der Waals surface area contributed by atoms with E-state index in [0.717, 1.165) is 35.9 Å². The quantitative estimate of drug-likeness (QED) is 0.523. The Labute approximate surface area is 194 Å². The summed E-state index contributed by atoms with van der Waals surface area (Å²) in [4.78, 5) is 32.6. The summed E-state index contributed by atoms with van der Waals surface area (Å²) < 4.78 is 7.52. The van der Waals surface area contributed by atoms with Crippen molar-refractivity contribution in [3.8, 4) is 0 Å². The summed E-state index contributed by atoms with van der Waals surface area (Å²) in [7, 11) is 0. The highest BCUT2D eigenvalue weighted by atomic mass is 16.5. The Morgan fingerprint density at radius 3 is 2.73 bits per heavy atom. The third kappa shape index (κ3) is 5.42. The number of aromatic nitrogens is 2. The number of rotatable bonds is 8. The maximum absolute atomic E-state index is 13.2. The van der Waals surface area contributed by atoms with Crippen LogP contribution in [0.15, 0.2) is 48.5 Å². The molecule has 7 nitrogen and oxygen atoms in total. The molecule has 0 spiro atoms. The zero-order valence-corrected chi connectivity index (χ0v) is 19.4. The first-order valence-corrected chi connectivity index (χ1v) is 11.8. The van der Waals surface area contributed by atoms with E-state index in [-0.39, 0.29) is 17.7 Å². The molecule has 3 aromatic rings. The molecular formula is C26H32N4O3. The first-order chi connectivity index (χ1) is 16.1. The van der Waals surface area contributed by atoms with Crippen LogP contribution in [0.2, 0.25) is 0 Å². The molecular weight excluding hydrogens is 416 g/mol. The number of carbonyl (C=O) groups is 2. The number of fused-ring (bicyclic) bond motifs is 1. The van der Waals surface area contributed by atoms with Crippen molar-refractivity contribution < 1.29 is 14.3 Å². The Hall–Kier alpha value is -3.19. The predicted molar refractivity (Wildman–Crippen MR) is 129 cm³/mol. The van der Waals surface area contributed by atoms with Crippen LogP contribution < -0.4 is 5.32 Å². The van der Waals surface area contributed by atoms with Crippen LogP contribution in [0.5, 0.6) is 0 Å². The highest BCUT2D eigenvalue weighted by Crippen LogP contribution is 2.24. The summed E-state index contributed by atoms with van der Waals surface area (Å²) >= 11 is 0. The number of anilines is 1. The largest absolute Gasteiger partial charge is 0.382 e. The van der Waals surface area contributed by atoms with E-state index in [9.17, 15) is 9.59 Å². The van der Waals surface area contributed by atoms with Gasteiger partial charge >= 0.3 is 0 Å². The number of para-hydroxylation sites is 2. The molecule has 1 saturated heterocycles. The van der Waals surface area contributed by atoms with Crippen LogP contribution in [0.4, 0.5) is 5.95 Å². The van der Waals surface area contributed by atoms with Crippen molar-refractivity contribution in [1.29, 1.82) is 0 Å². The predicted octanol–water partition coefficient (Wildman–Crippen LogP) is 4.26. The minimum Gasteiger partial charge on any atom is -0.382 e. The molecule has 2 aromatic carbocycles. The van der Waals surface area contributed by atoms with E-state index in [1.165, 1.54) is 0 Å². The summed E-state index contributed by atoms with van der Waals surface area (Å²) in [6.07, 6.45) is 2.40. The number of amides is 2. The molecule has 1 atom stereocenters. The fourth-order valence-corrected chi connectivity index (χ4v) is 4.33. The first kappa shape index (κ1) is 23.0. The fraction of sp³-hybridized carbons (Fsp3) is 0.423. The fourth-order valence-electron chi connectivity index (χ4n) is 4.33. The second kappa shape index (κ2) is 10.6. The molecule has 1 aliphatic heterocycles. The number of carbonyl (C=O) groups excluding carboxylic acids is 2. The van der Waals surface area contributed by atoms with Gasteiger partial charge in [-0.1, -0.05) is 29.8 Å². The maximum atomic E-state index is 13.2. The van der Waals surface area contributed by atoms with Crippen LogP contribution in [0.1, 0.15) is 42.1 Å². The second-order valence-corrected chi connectivity index (χ2v) is 8.57. The van der Waals surface area contributed by atoms with Gasteiger partial charge in [0.25, 0.3) is 5.91 Å². The normalized spacial score (nSPS) is 16.2. The number of ether oxygens (including phenoxy) is 1. The summed E-state index contributed by atoms with van der Waals surface area (Å²) in [5.74, 6) is 0.193. The minimum atomic E-state index is -0.259. The van der Waals surface area contributed by atoms with Crippen LogP contribution >= 0.6 is 0 Å². The van der Waals surface area contributed by atoms with Gasteiger partial charge in [-0.05, 0) is 57.4 Å². The molecule has 1 aliphatic rings. The average Bonchev–Trinajstić information content (AvgIpc) is 3.19. The molecule has 1 fully saturated rings. The molecule has 174 valence electrons. The number of likely N-dealkylation sites (tertiary alicyclic amines) is 1. The highest BCUT2D eigenvalue weighted by Gasteiger charge is 2.29. The monoisotopic (exact) mass is 448 g/mol. The molecule has 33 heavy (non-hydrogen) atoms. The number of nitrogens with one attached hydrogen (secondary N) is 1. The van der Waals surface area contributed by atoms with Gasteiger partial charge in [-0.25, -0.2) is 4.98 Å². The van der Waals surface area contributed by atoms with E-state index in [2.05, 4.69) is 10.3 Å². The molecule has 0 radical (unpaired) electrons. The molecule has 0 bridgehead atoms. The van der Waals surface area contributed by atoms with Crippen molar-refractivity contribution in [2.75, 3.05) is 31.6 Å². The number of piperidine rings is 1. The van der Waals surface area contributed by atoms with Crippen molar-refractivity contribution in [1.82, 2.24) is 14.5 Å². The lowest BCUT2D eigenvalue weighted by atomic mass is 9.96. The summed E-state index contributed by atoms with van der Waals surface area (Å²) in [5, 5.41) is 3.05. The van der Waals surface area contributed by atoms with Gasteiger partial charge in [0.1, 0.15) is 0 Å². The van der Waals surface area contributed by atoms with E-state index in [4.69, 9.17) is 4.74 Å². The molecule has 4 rings (SSSR count).